The first-order valence-electron chi connectivity index (χ1n) is 10.4. The molecule has 1 heterocycles. The van der Waals surface area contributed by atoms with Gasteiger partial charge in [-0.05, 0) is 59.2 Å². The fourth-order valence-electron chi connectivity index (χ4n) is 4.37. The van der Waals surface area contributed by atoms with Gasteiger partial charge in [-0.1, -0.05) is 18.2 Å². The number of hydrogen-bond acceptors (Lipinski definition) is 5. The molecule has 0 amide bonds. The molecule has 35 heavy (non-hydrogen) atoms. The van der Waals surface area contributed by atoms with Crippen molar-refractivity contribution in [2.24, 2.45) is 0 Å². The van der Waals surface area contributed by atoms with E-state index in [0.717, 1.165) is 12.1 Å². The molecule has 3 aromatic carbocycles. The van der Waals surface area contributed by atoms with Gasteiger partial charge in [0.1, 0.15) is 17.1 Å². The number of hydrogen-bond donors (Lipinski definition) is 3. The molecule has 0 saturated carbocycles. The molecular weight excluding hydrogens is 463 g/mol. The molecule has 0 radical (unpaired) electrons. The maximum absolute atomic E-state index is 13.4. The van der Waals surface area contributed by atoms with Crippen molar-refractivity contribution in [1.82, 2.24) is 0 Å². The van der Waals surface area contributed by atoms with Crippen LogP contribution in [0.15, 0.2) is 69.9 Å². The Balaban J connectivity index is 1.90. The van der Waals surface area contributed by atoms with E-state index < -0.39 is 29.1 Å². The van der Waals surface area contributed by atoms with Crippen LogP contribution in [0.25, 0.3) is 22.6 Å². The molecule has 5 rings (SSSR count). The molecule has 1 unspecified atom stereocenters. The topological polar surface area (TPSA) is 114 Å². The van der Waals surface area contributed by atoms with E-state index in [1.165, 1.54) is 54.6 Å². The Morgan fingerprint density at radius 1 is 1.00 bits per heavy atom. The lowest BCUT2D eigenvalue weighted by molar-refractivity contribution is -0.137. The number of carboxylic acid groups (broad SMARTS) is 1. The standard InChI is InChI=1S/C26H16F3NO5/c27-26(28,29)13-3-1-12(2-4-13)22-18-9-14(30)5-7-16(18)19(25(33)34)11-20-23(32)17-8-6-15(31)10-21(17)35-24(20)22/h1-11,22,31H,30H2,(H,33,34). The van der Waals surface area contributed by atoms with E-state index in [2.05, 4.69) is 0 Å². The summed E-state index contributed by atoms with van der Waals surface area (Å²) in [6, 6.07) is 12.7. The van der Waals surface area contributed by atoms with Crippen LogP contribution in [-0.2, 0) is 11.0 Å². The Kier molecular flexibility index (Phi) is 4.94. The van der Waals surface area contributed by atoms with Gasteiger partial charge in [-0.2, -0.15) is 13.2 Å². The fourth-order valence-corrected chi connectivity index (χ4v) is 4.37. The summed E-state index contributed by atoms with van der Waals surface area (Å²) in [4.78, 5) is 25.6. The van der Waals surface area contributed by atoms with Gasteiger partial charge in [0.15, 0.2) is 5.43 Å². The second-order valence-corrected chi connectivity index (χ2v) is 8.15. The summed E-state index contributed by atoms with van der Waals surface area (Å²) < 4.78 is 45.6. The normalized spacial score (nSPS) is 15.2. The number of rotatable bonds is 2. The second-order valence-electron chi connectivity index (χ2n) is 8.15. The van der Waals surface area contributed by atoms with Crippen LogP contribution in [0.1, 0.15) is 39.5 Å². The van der Waals surface area contributed by atoms with Crippen LogP contribution in [0.3, 0.4) is 0 Å². The average molecular weight is 479 g/mol. The summed E-state index contributed by atoms with van der Waals surface area (Å²) in [5, 5.41) is 20.0. The van der Waals surface area contributed by atoms with Crippen LogP contribution in [0, 0.1) is 0 Å². The zero-order valence-corrected chi connectivity index (χ0v) is 17.8. The third-order valence-corrected chi connectivity index (χ3v) is 5.97. The average Bonchev–Trinajstić information content (AvgIpc) is 2.93. The van der Waals surface area contributed by atoms with Crippen molar-refractivity contribution in [1.29, 1.82) is 0 Å². The summed E-state index contributed by atoms with van der Waals surface area (Å²) in [5.41, 5.74) is 5.59. The minimum atomic E-state index is -4.56. The molecule has 6 nitrogen and oxygen atoms in total. The minimum absolute atomic E-state index is 0.0240. The highest BCUT2D eigenvalue weighted by atomic mass is 19.4. The van der Waals surface area contributed by atoms with Gasteiger partial charge in [0.25, 0.3) is 0 Å². The van der Waals surface area contributed by atoms with Gasteiger partial charge in [-0.3, -0.25) is 4.79 Å². The van der Waals surface area contributed by atoms with E-state index in [9.17, 15) is 33.0 Å². The third-order valence-electron chi connectivity index (χ3n) is 5.97. The summed E-state index contributed by atoms with van der Waals surface area (Å²) in [6.45, 7) is 0. The number of phenols is 1. The number of nitrogen functional groups attached to an aromatic ring is 1. The first-order chi connectivity index (χ1) is 16.5. The van der Waals surface area contributed by atoms with Crippen molar-refractivity contribution >= 4 is 34.3 Å². The Morgan fingerprint density at radius 2 is 1.71 bits per heavy atom. The zero-order valence-electron chi connectivity index (χ0n) is 17.8. The lowest BCUT2D eigenvalue weighted by Gasteiger charge is -2.21. The Hall–Kier alpha value is -4.53. The van der Waals surface area contributed by atoms with E-state index in [-0.39, 0.29) is 44.9 Å². The summed E-state index contributed by atoms with van der Waals surface area (Å²) in [7, 11) is 0. The first-order valence-corrected chi connectivity index (χ1v) is 10.4. The molecule has 176 valence electrons. The lowest BCUT2D eigenvalue weighted by atomic mass is 9.84. The van der Waals surface area contributed by atoms with E-state index in [0.29, 0.717) is 11.1 Å². The number of phenolic OH excluding ortho intramolecular Hbond substituents is 1. The predicted molar refractivity (Wildman–Crippen MR) is 123 cm³/mol. The largest absolute Gasteiger partial charge is 0.508 e. The van der Waals surface area contributed by atoms with Crippen molar-refractivity contribution in [2.75, 3.05) is 5.73 Å². The van der Waals surface area contributed by atoms with Crippen LogP contribution < -0.4 is 11.2 Å². The van der Waals surface area contributed by atoms with Gasteiger partial charge >= 0.3 is 12.1 Å². The summed E-state index contributed by atoms with van der Waals surface area (Å²) in [5.74, 6) is -2.40. The van der Waals surface area contributed by atoms with E-state index in [1.807, 2.05) is 0 Å². The molecule has 0 aliphatic heterocycles. The third kappa shape index (κ3) is 3.71. The number of nitrogens with two attached hydrogens (primary N) is 1. The molecule has 0 fully saturated rings. The van der Waals surface area contributed by atoms with Crippen LogP contribution >= 0.6 is 0 Å². The maximum atomic E-state index is 13.4. The molecule has 0 bridgehead atoms. The highest BCUT2D eigenvalue weighted by molar-refractivity contribution is 6.21. The lowest BCUT2D eigenvalue weighted by Crippen LogP contribution is -2.14. The molecule has 9 heteroatoms. The van der Waals surface area contributed by atoms with E-state index in [4.69, 9.17) is 10.2 Å². The Bertz CT molecular complexity index is 1600. The first kappa shape index (κ1) is 22.3. The highest BCUT2D eigenvalue weighted by Gasteiger charge is 2.34. The van der Waals surface area contributed by atoms with Gasteiger partial charge in [-0.15, -0.1) is 0 Å². The SMILES string of the molecule is Nc1ccc2c(c1)C(c1ccc(C(F)(F)F)cc1)c1oc3cc(O)ccc3c(=O)c1C=C2C(=O)O. The molecule has 1 aromatic heterocycles. The minimum Gasteiger partial charge on any atom is -0.508 e. The van der Waals surface area contributed by atoms with E-state index in [1.54, 1.807) is 0 Å². The van der Waals surface area contributed by atoms with Crippen molar-refractivity contribution in [2.45, 2.75) is 12.1 Å². The maximum Gasteiger partial charge on any atom is 0.416 e. The van der Waals surface area contributed by atoms with Gasteiger partial charge in [0.05, 0.1) is 28.0 Å². The van der Waals surface area contributed by atoms with Crippen molar-refractivity contribution in [3.63, 3.8) is 0 Å². The Labute approximate surface area is 195 Å². The van der Waals surface area contributed by atoms with Crippen LogP contribution in [-0.4, -0.2) is 16.2 Å². The van der Waals surface area contributed by atoms with Gasteiger partial charge in [0.2, 0.25) is 0 Å². The predicted octanol–water partition coefficient (Wildman–Crippen LogP) is 5.22. The molecule has 1 aliphatic carbocycles. The molecular formula is C26H16F3NO5. The molecule has 0 saturated heterocycles. The second kappa shape index (κ2) is 7.76. The fraction of sp³-hybridized carbons (Fsp3) is 0.0769. The monoisotopic (exact) mass is 479 g/mol. The number of carbonyl (C=O) groups is 1. The number of alkyl halides is 3. The molecule has 4 N–H and O–H groups in total. The number of anilines is 1. The van der Waals surface area contributed by atoms with Crippen LogP contribution in [0.2, 0.25) is 0 Å². The van der Waals surface area contributed by atoms with Gasteiger partial charge in [-0.25, -0.2) is 4.79 Å². The van der Waals surface area contributed by atoms with Crippen LogP contribution in [0.4, 0.5) is 18.9 Å². The Morgan fingerprint density at radius 3 is 2.37 bits per heavy atom. The number of fused-ring (bicyclic) bond motifs is 3. The zero-order chi connectivity index (χ0) is 25.1. The number of carboxylic acids is 1. The number of aromatic hydroxyl groups is 1. The van der Waals surface area contributed by atoms with Gasteiger partial charge in [0, 0.05) is 11.8 Å². The highest BCUT2D eigenvalue weighted by Crippen LogP contribution is 2.43. The van der Waals surface area contributed by atoms with Crippen molar-refractivity contribution in [3.05, 3.63) is 104 Å². The van der Waals surface area contributed by atoms with Crippen LogP contribution in [0.5, 0.6) is 5.75 Å². The molecule has 1 aliphatic rings. The van der Waals surface area contributed by atoms with Crippen molar-refractivity contribution < 1.29 is 32.6 Å². The molecule has 0 spiro atoms. The summed E-state index contributed by atoms with van der Waals surface area (Å²) in [6.07, 6.45) is -3.35. The number of benzene rings is 3. The number of halogens is 3. The molecule has 4 aromatic rings. The number of aliphatic carboxylic acids is 1. The van der Waals surface area contributed by atoms with Crippen molar-refractivity contribution in [3.8, 4) is 5.75 Å². The van der Waals surface area contributed by atoms with E-state index >= 15 is 0 Å². The summed E-state index contributed by atoms with van der Waals surface area (Å²) >= 11 is 0. The quantitative estimate of drug-likeness (QED) is 0.340. The molecule has 1 atom stereocenters. The van der Waals surface area contributed by atoms with Gasteiger partial charge < -0.3 is 20.4 Å². The smallest absolute Gasteiger partial charge is 0.416 e.